The molecule has 0 radical (unpaired) electrons. The lowest BCUT2D eigenvalue weighted by Gasteiger charge is -2.06. The molecule has 0 unspecified atom stereocenters. The maximum Gasteiger partial charge on any atom is 0.0543 e. The second-order valence-corrected chi connectivity index (χ2v) is 4.74. The van der Waals surface area contributed by atoms with E-state index in [0.29, 0.717) is 0 Å². The summed E-state index contributed by atoms with van der Waals surface area (Å²) in [7, 11) is 0. The number of fused-ring (bicyclic) bond motifs is 1. The molecule has 0 aliphatic carbocycles. The molecule has 2 aromatic carbocycles. The molecule has 0 bridgehead atoms. The third-order valence-corrected chi connectivity index (χ3v) is 3.21. The monoisotopic (exact) mass is 261 g/mol. The van der Waals surface area contributed by atoms with E-state index in [1.165, 1.54) is 0 Å². The Hall–Kier alpha value is -1.44. The summed E-state index contributed by atoms with van der Waals surface area (Å²) in [6.45, 7) is 0. The summed E-state index contributed by atoms with van der Waals surface area (Å²) in [4.78, 5) is 0. The van der Waals surface area contributed by atoms with Crippen molar-refractivity contribution in [3.63, 3.8) is 0 Å². The highest BCUT2D eigenvalue weighted by molar-refractivity contribution is 6.31. The highest BCUT2D eigenvalue weighted by atomic mass is 35.5. The van der Waals surface area contributed by atoms with Crippen molar-refractivity contribution in [2.75, 3.05) is 0 Å². The van der Waals surface area contributed by atoms with Crippen LogP contribution in [0.1, 0.15) is 0 Å². The molecule has 0 atom stereocenters. The minimum absolute atomic E-state index is 0.728. The van der Waals surface area contributed by atoms with Gasteiger partial charge in [-0.25, -0.2) is 0 Å². The predicted molar refractivity (Wildman–Crippen MR) is 73.3 cm³/mol. The third kappa shape index (κ3) is 1.92. The Morgan fingerprint density at radius 2 is 1.65 bits per heavy atom. The number of nitrogens with zero attached hydrogens (tertiary/aromatic N) is 1. The second kappa shape index (κ2) is 4.10. The van der Waals surface area contributed by atoms with E-state index in [-0.39, 0.29) is 0 Å². The minimum atomic E-state index is 0.728. The van der Waals surface area contributed by atoms with Gasteiger partial charge in [0.15, 0.2) is 0 Å². The minimum Gasteiger partial charge on any atom is -0.316 e. The molecule has 17 heavy (non-hydrogen) atoms. The van der Waals surface area contributed by atoms with Crippen LogP contribution >= 0.6 is 23.2 Å². The Morgan fingerprint density at radius 1 is 0.824 bits per heavy atom. The molecule has 84 valence electrons. The van der Waals surface area contributed by atoms with E-state index >= 15 is 0 Å². The highest BCUT2D eigenvalue weighted by Crippen LogP contribution is 2.24. The molecule has 1 nitrogen and oxygen atoms in total. The Bertz CT molecular complexity index is 686. The van der Waals surface area contributed by atoms with Gasteiger partial charge in [-0.2, -0.15) is 0 Å². The van der Waals surface area contributed by atoms with E-state index < -0.39 is 0 Å². The number of benzene rings is 2. The molecule has 0 spiro atoms. The Balaban J connectivity index is 2.27. The zero-order chi connectivity index (χ0) is 11.8. The van der Waals surface area contributed by atoms with E-state index in [2.05, 4.69) is 10.6 Å². The van der Waals surface area contributed by atoms with Crippen molar-refractivity contribution in [3.05, 3.63) is 64.8 Å². The van der Waals surface area contributed by atoms with Crippen molar-refractivity contribution < 1.29 is 0 Å². The Morgan fingerprint density at radius 3 is 2.47 bits per heavy atom. The van der Waals surface area contributed by atoms with Crippen molar-refractivity contribution in [2.24, 2.45) is 0 Å². The molecular weight excluding hydrogens is 253 g/mol. The molecule has 3 aromatic rings. The van der Waals surface area contributed by atoms with E-state index in [1.54, 1.807) is 0 Å². The van der Waals surface area contributed by atoms with E-state index in [1.807, 2.05) is 48.7 Å². The Kier molecular flexibility index (Phi) is 2.58. The molecule has 0 N–H and O–H groups in total. The first kappa shape index (κ1) is 10.7. The zero-order valence-electron chi connectivity index (χ0n) is 8.90. The number of rotatable bonds is 1. The standard InChI is InChI=1S/C14H9Cl2N/c15-11-2-1-3-13(8-11)17-7-6-10-4-5-12(16)9-14(10)17/h1-9H. The van der Waals surface area contributed by atoms with Gasteiger partial charge < -0.3 is 4.57 Å². The van der Waals surface area contributed by atoms with Gasteiger partial charge in [0.05, 0.1) is 5.52 Å². The van der Waals surface area contributed by atoms with Crippen LogP contribution in [0.3, 0.4) is 0 Å². The average Bonchev–Trinajstić information content (AvgIpc) is 2.71. The summed E-state index contributed by atoms with van der Waals surface area (Å²) in [5.74, 6) is 0. The van der Waals surface area contributed by atoms with Crippen LogP contribution in [-0.4, -0.2) is 4.57 Å². The molecule has 0 amide bonds. The summed E-state index contributed by atoms with van der Waals surface area (Å²) in [6.07, 6.45) is 2.02. The van der Waals surface area contributed by atoms with Crippen LogP contribution in [-0.2, 0) is 0 Å². The quantitative estimate of drug-likeness (QED) is 0.585. The lowest BCUT2D eigenvalue weighted by Crippen LogP contribution is -1.90. The number of hydrogen-bond acceptors (Lipinski definition) is 0. The summed E-state index contributed by atoms with van der Waals surface area (Å²) in [5.41, 5.74) is 2.12. The SMILES string of the molecule is Clc1cccc(-n2ccc3ccc(Cl)cc32)c1. The van der Waals surface area contributed by atoms with Crippen LogP contribution in [0.2, 0.25) is 10.0 Å². The highest BCUT2D eigenvalue weighted by Gasteiger charge is 2.04. The smallest absolute Gasteiger partial charge is 0.0543 e. The summed E-state index contributed by atoms with van der Waals surface area (Å²) < 4.78 is 2.08. The fraction of sp³-hybridized carbons (Fsp3) is 0. The molecular formula is C14H9Cl2N. The first-order chi connectivity index (χ1) is 8.24. The molecule has 0 saturated heterocycles. The van der Waals surface area contributed by atoms with Crippen LogP contribution in [0.5, 0.6) is 0 Å². The fourth-order valence-electron chi connectivity index (χ4n) is 1.95. The van der Waals surface area contributed by atoms with E-state index in [4.69, 9.17) is 23.2 Å². The van der Waals surface area contributed by atoms with Crippen LogP contribution in [0, 0.1) is 0 Å². The van der Waals surface area contributed by atoms with Gasteiger partial charge in [-0.1, -0.05) is 35.3 Å². The van der Waals surface area contributed by atoms with Crippen molar-refractivity contribution in [1.29, 1.82) is 0 Å². The molecule has 0 fully saturated rings. The second-order valence-electron chi connectivity index (χ2n) is 3.87. The van der Waals surface area contributed by atoms with Gasteiger partial charge in [-0.15, -0.1) is 0 Å². The molecule has 3 heteroatoms. The van der Waals surface area contributed by atoms with Crippen LogP contribution in [0.15, 0.2) is 54.7 Å². The maximum atomic E-state index is 6.03. The molecule has 1 aromatic heterocycles. The van der Waals surface area contributed by atoms with Gasteiger partial charge in [-0.3, -0.25) is 0 Å². The molecule has 3 rings (SSSR count). The topological polar surface area (TPSA) is 4.93 Å². The maximum absolute atomic E-state index is 6.03. The van der Waals surface area contributed by atoms with Gasteiger partial charge in [0.1, 0.15) is 0 Å². The third-order valence-electron chi connectivity index (χ3n) is 2.74. The lowest BCUT2D eigenvalue weighted by molar-refractivity contribution is 1.13. The largest absolute Gasteiger partial charge is 0.316 e. The zero-order valence-corrected chi connectivity index (χ0v) is 10.4. The predicted octanol–water partition coefficient (Wildman–Crippen LogP) is 4.94. The number of halogens is 2. The average molecular weight is 262 g/mol. The number of aromatic nitrogens is 1. The summed E-state index contributed by atoms with van der Waals surface area (Å²) in [6, 6.07) is 15.7. The fourth-order valence-corrected chi connectivity index (χ4v) is 2.30. The van der Waals surface area contributed by atoms with Gasteiger partial charge in [-0.05, 0) is 36.4 Å². The normalized spacial score (nSPS) is 10.9. The van der Waals surface area contributed by atoms with E-state index in [0.717, 1.165) is 26.6 Å². The summed E-state index contributed by atoms with van der Waals surface area (Å²) >= 11 is 12.0. The first-order valence-electron chi connectivity index (χ1n) is 5.26. The van der Waals surface area contributed by atoms with Gasteiger partial charge in [0.2, 0.25) is 0 Å². The summed E-state index contributed by atoms with van der Waals surface area (Å²) in [5, 5.41) is 2.63. The van der Waals surface area contributed by atoms with Crippen LogP contribution < -0.4 is 0 Å². The Labute approximate surface area is 109 Å². The van der Waals surface area contributed by atoms with Crippen LogP contribution in [0.25, 0.3) is 16.6 Å². The van der Waals surface area contributed by atoms with Crippen molar-refractivity contribution in [2.45, 2.75) is 0 Å². The van der Waals surface area contributed by atoms with Gasteiger partial charge in [0, 0.05) is 27.3 Å². The number of hydrogen-bond donors (Lipinski definition) is 0. The van der Waals surface area contributed by atoms with Crippen LogP contribution in [0.4, 0.5) is 0 Å². The molecule has 0 aliphatic heterocycles. The molecule has 1 heterocycles. The van der Waals surface area contributed by atoms with Crippen molar-refractivity contribution in [1.82, 2.24) is 4.57 Å². The van der Waals surface area contributed by atoms with Gasteiger partial charge in [0.25, 0.3) is 0 Å². The first-order valence-corrected chi connectivity index (χ1v) is 6.02. The lowest BCUT2D eigenvalue weighted by atomic mass is 10.2. The molecule has 0 aliphatic rings. The van der Waals surface area contributed by atoms with Gasteiger partial charge >= 0.3 is 0 Å². The van der Waals surface area contributed by atoms with Crippen molar-refractivity contribution >= 4 is 34.1 Å². The van der Waals surface area contributed by atoms with Crippen molar-refractivity contribution in [3.8, 4) is 5.69 Å². The molecule has 0 saturated carbocycles. The van der Waals surface area contributed by atoms with E-state index in [9.17, 15) is 0 Å².